The van der Waals surface area contributed by atoms with Crippen LogP contribution in [-0.2, 0) is 4.74 Å². The second-order valence-corrected chi connectivity index (χ2v) is 7.89. The van der Waals surface area contributed by atoms with Crippen LogP contribution in [0.2, 0.25) is 0 Å². The van der Waals surface area contributed by atoms with Gasteiger partial charge in [0.05, 0.1) is 5.60 Å². The molecule has 134 valence electrons. The average Bonchev–Trinajstić information content (AvgIpc) is 3.05. The molecule has 5 nitrogen and oxygen atoms in total. The number of ether oxygens (including phenoxy) is 1. The minimum atomic E-state index is -0.157. The van der Waals surface area contributed by atoms with E-state index in [1.807, 2.05) is 11.0 Å². The van der Waals surface area contributed by atoms with E-state index in [2.05, 4.69) is 31.0 Å². The number of nitrogens with zero attached hydrogens (tertiary/aromatic N) is 2. The van der Waals surface area contributed by atoms with Crippen LogP contribution in [0.25, 0.3) is 0 Å². The Morgan fingerprint density at radius 3 is 2.75 bits per heavy atom. The Balaban J connectivity index is 1.71. The smallest absolute Gasteiger partial charge is 0.274 e. The number of aromatic nitrogens is 2. The quantitative estimate of drug-likeness (QED) is 0.910. The highest BCUT2D eigenvalue weighted by molar-refractivity contribution is 5.92. The molecule has 0 aromatic carbocycles. The highest BCUT2D eigenvalue weighted by Gasteiger charge is 2.34. The van der Waals surface area contributed by atoms with E-state index in [4.69, 9.17) is 4.74 Å². The number of H-pyrrole nitrogens is 1. The van der Waals surface area contributed by atoms with Gasteiger partial charge < -0.3 is 9.64 Å². The largest absolute Gasteiger partial charge is 0.375 e. The Hall–Kier alpha value is -1.36. The van der Waals surface area contributed by atoms with Crippen molar-refractivity contribution in [2.24, 2.45) is 0 Å². The van der Waals surface area contributed by atoms with Gasteiger partial charge in [0.15, 0.2) is 0 Å². The number of rotatable bonds is 4. The van der Waals surface area contributed by atoms with Gasteiger partial charge in [-0.25, -0.2) is 0 Å². The molecular formula is C19H31N3O2. The number of amides is 1. The molecular weight excluding hydrogens is 302 g/mol. The molecule has 2 aliphatic rings. The zero-order chi connectivity index (χ0) is 17.2. The fourth-order valence-electron chi connectivity index (χ4n) is 4.25. The summed E-state index contributed by atoms with van der Waals surface area (Å²) in [7, 11) is 0. The monoisotopic (exact) mass is 333 g/mol. The molecule has 1 unspecified atom stereocenters. The zero-order valence-corrected chi connectivity index (χ0v) is 15.3. The Morgan fingerprint density at radius 1 is 1.33 bits per heavy atom. The van der Waals surface area contributed by atoms with E-state index >= 15 is 0 Å². The highest BCUT2D eigenvalue weighted by atomic mass is 16.5. The lowest BCUT2D eigenvalue weighted by atomic mass is 9.87. The fraction of sp³-hybridized carbons (Fsp3) is 0.789. The molecule has 3 rings (SSSR count). The summed E-state index contributed by atoms with van der Waals surface area (Å²) in [6.45, 7) is 7.69. The van der Waals surface area contributed by atoms with Crippen molar-refractivity contribution in [3.63, 3.8) is 0 Å². The molecule has 1 aromatic heterocycles. The van der Waals surface area contributed by atoms with Gasteiger partial charge in [-0.2, -0.15) is 5.10 Å². The van der Waals surface area contributed by atoms with E-state index in [0.717, 1.165) is 25.1 Å². The summed E-state index contributed by atoms with van der Waals surface area (Å²) < 4.78 is 5.80. The third-order valence-electron chi connectivity index (χ3n) is 5.58. The van der Waals surface area contributed by atoms with Gasteiger partial charge in [0.25, 0.3) is 5.91 Å². The summed E-state index contributed by atoms with van der Waals surface area (Å²) in [6.07, 6.45) is 8.11. The van der Waals surface area contributed by atoms with Crippen LogP contribution in [0.4, 0.5) is 0 Å². The lowest BCUT2D eigenvalue weighted by molar-refractivity contribution is -0.0777. The number of carbonyl (C=O) groups is 1. The number of hydrogen-bond donors (Lipinski definition) is 1. The molecule has 1 amide bonds. The van der Waals surface area contributed by atoms with Gasteiger partial charge in [-0.3, -0.25) is 9.89 Å². The standard InChI is InChI=1S/C19H31N3O2/c1-4-22(15-10-11-24-19(2,3)13-15)18(23)17-12-16(20-21-17)14-8-6-5-7-9-14/h12,14-15H,4-11,13H2,1-3H3,(H,20,21). The Kier molecular flexibility index (Phi) is 5.28. The predicted molar refractivity (Wildman–Crippen MR) is 94.2 cm³/mol. The number of aromatic amines is 1. The first-order valence-corrected chi connectivity index (χ1v) is 9.50. The first-order chi connectivity index (χ1) is 11.5. The summed E-state index contributed by atoms with van der Waals surface area (Å²) in [6, 6.07) is 2.23. The Morgan fingerprint density at radius 2 is 2.08 bits per heavy atom. The van der Waals surface area contributed by atoms with Crippen molar-refractivity contribution in [2.75, 3.05) is 13.2 Å². The van der Waals surface area contributed by atoms with E-state index in [1.54, 1.807) is 0 Å². The van der Waals surface area contributed by atoms with Gasteiger partial charge in [-0.1, -0.05) is 19.3 Å². The van der Waals surface area contributed by atoms with Gasteiger partial charge in [0, 0.05) is 30.8 Å². The fourth-order valence-corrected chi connectivity index (χ4v) is 4.25. The molecule has 1 aliphatic carbocycles. The molecule has 0 spiro atoms. The lowest BCUT2D eigenvalue weighted by Crippen LogP contribution is -2.48. The van der Waals surface area contributed by atoms with Crippen molar-refractivity contribution in [2.45, 2.75) is 83.3 Å². The number of nitrogens with one attached hydrogen (secondary N) is 1. The van der Waals surface area contributed by atoms with Crippen LogP contribution in [0.5, 0.6) is 0 Å². The molecule has 24 heavy (non-hydrogen) atoms. The van der Waals surface area contributed by atoms with E-state index in [9.17, 15) is 4.79 Å². The summed E-state index contributed by atoms with van der Waals surface area (Å²) in [4.78, 5) is 15.0. The molecule has 0 bridgehead atoms. The van der Waals surface area contributed by atoms with Crippen molar-refractivity contribution in [3.8, 4) is 0 Å². The maximum absolute atomic E-state index is 13.0. The van der Waals surface area contributed by atoms with Crippen molar-refractivity contribution in [1.82, 2.24) is 15.1 Å². The van der Waals surface area contributed by atoms with Crippen LogP contribution < -0.4 is 0 Å². The van der Waals surface area contributed by atoms with Gasteiger partial charge in [0.1, 0.15) is 5.69 Å². The third-order valence-corrected chi connectivity index (χ3v) is 5.58. The van der Waals surface area contributed by atoms with E-state index < -0.39 is 0 Å². The first-order valence-electron chi connectivity index (χ1n) is 9.50. The van der Waals surface area contributed by atoms with Crippen molar-refractivity contribution in [1.29, 1.82) is 0 Å². The van der Waals surface area contributed by atoms with Crippen LogP contribution in [0.15, 0.2) is 6.07 Å². The van der Waals surface area contributed by atoms with Crippen LogP contribution in [0, 0.1) is 0 Å². The number of hydrogen-bond acceptors (Lipinski definition) is 3. The summed E-state index contributed by atoms with van der Waals surface area (Å²) >= 11 is 0. The first kappa shape index (κ1) is 17.5. The van der Waals surface area contributed by atoms with Gasteiger partial charge in [-0.15, -0.1) is 0 Å². The zero-order valence-electron chi connectivity index (χ0n) is 15.3. The average molecular weight is 333 g/mol. The lowest BCUT2D eigenvalue weighted by Gasteiger charge is -2.40. The molecule has 1 atom stereocenters. The Bertz CT molecular complexity index is 561. The second-order valence-electron chi connectivity index (χ2n) is 7.89. The third kappa shape index (κ3) is 3.82. The molecule has 5 heteroatoms. The highest BCUT2D eigenvalue weighted by Crippen LogP contribution is 2.32. The minimum Gasteiger partial charge on any atom is -0.375 e. The maximum atomic E-state index is 13.0. The second kappa shape index (κ2) is 7.26. The van der Waals surface area contributed by atoms with Crippen molar-refractivity contribution >= 4 is 5.91 Å². The molecule has 1 N–H and O–H groups in total. The van der Waals surface area contributed by atoms with E-state index in [1.165, 1.54) is 32.1 Å². The Labute approximate surface area is 145 Å². The van der Waals surface area contributed by atoms with Crippen molar-refractivity contribution < 1.29 is 9.53 Å². The molecule has 1 aliphatic heterocycles. The molecule has 0 radical (unpaired) electrons. The minimum absolute atomic E-state index is 0.0542. The van der Waals surface area contributed by atoms with Crippen LogP contribution >= 0.6 is 0 Å². The molecule has 1 saturated heterocycles. The maximum Gasteiger partial charge on any atom is 0.274 e. The van der Waals surface area contributed by atoms with E-state index in [-0.39, 0.29) is 17.6 Å². The van der Waals surface area contributed by atoms with Gasteiger partial charge in [-0.05, 0) is 52.5 Å². The predicted octanol–water partition coefficient (Wildman–Crippen LogP) is 3.88. The summed E-state index contributed by atoms with van der Waals surface area (Å²) in [5.74, 6) is 0.600. The number of carbonyl (C=O) groups excluding carboxylic acids is 1. The molecule has 2 fully saturated rings. The molecule has 1 saturated carbocycles. The van der Waals surface area contributed by atoms with Crippen molar-refractivity contribution in [3.05, 3.63) is 17.5 Å². The van der Waals surface area contributed by atoms with E-state index in [0.29, 0.717) is 18.2 Å². The normalized spacial score (nSPS) is 24.7. The SMILES string of the molecule is CCN(C(=O)c1cc(C2CCCCC2)[nH]n1)C1CCOC(C)(C)C1. The molecule has 2 heterocycles. The summed E-state index contributed by atoms with van der Waals surface area (Å²) in [5.41, 5.74) is 1.55. The van der Waals surface area contributed by atoms with Crippen LogP contribution in [0.3, 0.4) is 0 Å². The van der Waals surface area contributed by atoms with Gasteiger partial charge >= 0.3 is 0 Å². The topological polar surface area (TPSA) is 58.2 Å². The molecule has 1 aromatic rings. The van der Waals surface area contributed by atoms with Crippen LogP contribution in [-0.4, -0.2) is 45.8 Å². The van der Waals surface area contributed by atoms with Gasteiger partial charge in [0.2, 0.25) is 0 Å². The van der Waals surface area contributed by atoms with Crippen LogP contribution in [0.1, 0.15) is 87.8 Å². The summed E-state index contributed by atoms with van der Waals surface area (Å²) in [5, 5.41) is 7.48.